The molecule has 0 aliphatic carbocycles. The molecule has 2 heterocycles. The highest BCUT2D eigenvalue weighted by Crippen LogP contribution is 2.39. The fourth-order valence-corrected chi connectivity index (χ4v) is 9.27. The molecule has 68 heavy (non-hydrogen) atoms. The van der Waals surface area contributed by atoms with E-state index in [2.05, 4.69) is 194 Å². The van der Waals surface area contributed by atoms with Crippen molar-refractivity contribution in [3.63, 3.8) is 0 Å². The van der Waals surface area contributed by atoms with E-state index < -0.39 is 4.92 Å². The van der Waals surface area contributed by atoms with E-state index in [-0.39, 0.29) is 5.69 Å². The number of aromatic nitrogens is 2. The number of nitrogens with zero attached hydrogens (tertiary/aromatic N) is 7. The highest BCUT2D eigenvalue weighted by molar-refractivity contribution is 6.10. The van der Waals surface area contributed by atoms with Crippen LogP contribution < -0.4 is 14.5 Å². The number of rotatable bonds is 14. The minimum Gasteiger partial charge on any atom is -0.492 e. The standard InChI is InChI=1S/C58H45N7O3/c1-2-61(43-23-19-41(20-24-43)59-60-42-21-25-49(26-22-42)65(66)67)39-40-68-50-37-35-46(36-38-50)62(44-27-31-47(32-28-44)63-55-15-7-3-11-51(55)52-12-4-8-16-56(52)63)45-29-33-48(34-30-45)64-57-17-9-5-13-53(57)54-14-6-10-18-58(54)64/h3-38H,2,39-40H2,1H3. The van der Waals surface area contributed by atoms with Crippen LogP contribution in [0.15, 0.2) is 229 Å². The van der Waals surface area contributed by atoms with Crippen LogP contribution in [0.4, 0.5) is 39.8 Å². The van der Waals surface area contributed by atoms with Crippen LogP contribution >= 0.6 is 0 Å². The van der Waals surface area contributed by atoms with Crippen LogP contribution in [-0.4, -0.2) is 33.8 Å². The Balaban J connectivity index is 0.851. The number of para-hydroxylation sites is 4. The van der Waals surface area contributed by atoms with Gasteiger partial charge in [-0.2, -0.15) is 10.2 Å². The lowest BCUT2D eigenvalue weighted by atomic mass is 10.1. The summed E-state index contributed by atoms with van der Waals surface area (Å²) in [6.07, 6.45) is 0. The van der Waals surface area contributed by atoms with Crippen molar-refractivity contribution in [1.29, 1.82) is 0 Å². The van der Waals surface area contributed by atoms with Gasteiger partial charge in [0, 0.05) is 74.3 Å². The lowest BCUT2D eigenvalue weighted by Crippen LogP contribution is -2.27. The van der Waals surface area contributed by atoms with E-state index in [1.54, 1.807) is 12.1 Å². The van der Waals surface area contributed by atoms with Crippen LogP contribution in [0.3, 0.4) is 0 Å². The number of ether oxygens (including phenoxy) is 1. The van der Waals surface area contributed by atoms with Gasteiger partial charge in [-0.25, -0.2) is 0 Å². The summed E-state index contributed by atoms with van der Waals surface area (Å²) in [4.78, 5) is 15.1. The Labute approximate surface area is 393 Å². The van der Waals surface area contributed by atoms with Crippen LogP contribution in [0.25, 0.3) is 55.0 Å². The van der Waals surface area contributed by atoms with Gasteiger partial charge < -0.3 is 23.7 Å². The van der Waals surface area contributed by atoms with Crippen molar-refractivity contribution in [3.05, 3.63) is 229 Å². The van der Waals surface area contributed by atoms with Gasteiger partial charge in [0.1, 0.15) is 12.4 Å². The maximum Gasteiger partial charge on any atom is 0.269 e. The summed E-state index contributed by atoms with van der Waals surface area (Å²) in [7, 11) is 0. The number of hydrogen-bond acceptors (Lipinski definition) is 7. The molecule has 9 aromatic carbocycles. The highest BCUT2D eigenvalue weighted by atomic mass is 16.6. The number of fused-ring (bicyclic) bond motifs is 6. The molecule has 2 aromatic heterocycles. The topological polar surface area (TPSA) is 93.4 Å². The molecule has 0 saturated carbocycles. The molecular weight excluding hydrogens is 843 g/mol. The molecule has 0 amide bonds. The van der Waals surface area contributed by atoms with Crippen LogP contribution in [-0.2, 0) is 0 Å². The fraction of sp³-hybridized carbons (Fsp3) is 0.0690. The third-order valence-corrected chi connectivity index (χ3v) is 12.6. The van der Waals surface area contributed by atoms with Crippen molar-refractivity contribution in [2.45, 2.75) is 6.92 Å². The molecule has 330 valence electrons. The molecule has 11 aromatic rings. The largest absolute Gasteiger partial charge is 0.492 e. The highest BCUT2D eigenvalue weighted by Gasteiger charge is 2.18. The molecule has 0 atom stereocenters. The fourth-order valence-electron chi connectivity index (χ4n) is 9.27. The first kappa shape index (κ1) is 41.7. The van der Waals surface area contributed by atoms with Crippen LogP contribution in [0.1, 0.15) is 6.92 Å². The van der Waals surface area contributed by atoms with Gasteiger partial charge in [0.2, 0.25) is 0 Å². The summed E-state index contributed by atoms with van der Waals surface area (Å²) in [6.45, 7) is 4.10. The number of azo groups is 1. The van der Waals surface area contributed by atoms with Crippen molar-refractivity contribution in [1.82, 2.24) is 9.13 Å². The Morgan fingerprint density at radius 2 is 0.838 bits per heavy atom. The summed E-state index contributed by atoms with van der Waals surface area (Å²) in [5, 5.41) is 24.5. The van der Waals surface area contributed by atoms with E-state index in [1.807, 2.05) is 36.4 Å². The smallest absolute Gasteiger partial charge is 0.269 e. The zero-order valence-corrected chi connectivity index (χ0v) is 37.3. The molecule has 0 aliphatic rings. The maximum atomic E-state index is 11.0. The first-order valence-electron chi connectivity index (χ1n) is 22.7. The van der Waals surface area contributed by atoms with E-state index in [0.717, 1.165) is 46.4 Å². The van der Waals surface area contributed by atoms with Gasteiger partial charge in [-0.05, 0) is 140 Å². The van der Waals surface area contributed by atoms with Crippen molar-refractivity contribution in [2.24, 2.45) is 10.2 Å². The van der Waals surface area contributed by atoms with Crippen LogP contribution in [0.5, 0.6) is 5.75 Å². The average Bonchev–Trinajstić information content (AvgIpc) is 3.91. The molecule has 0 unspecified atom stereocenters. The third-order valence-electron chi connectivity index (χ3n) is 12.6. The Bertz CT molecular complexity index is 3340. The maximum absolute atomic E-state index is 11.0. The van der Waals surface area contributed by atoms with Crippen LogP contribution in [0, 0.1) is 10.1 Å². The number of benzene rings is 9. The molecule has 10 nitrogen and oxygen atoms in total. The molecule has 0 N–H and O–H groups in total. The quantitative estimate of drug-likeness (QED) is 0.0616. The Morgan fingerprint density at radius 1 is 0.471 bits per heavy atom. The van der Waals surface area contributed by atoms with Gasteiger partial charge in [-0.3, -0.25) is 10.1 Å². The Kier molecular flexibility index (Phi) is 11.1. The van der Waals surface area contributed by atoms with Gasteiger partial charge >= 0.3 is 0 Å². The molecule has 0 aliphatic heterocycles. The van der Waals surface area contributed by atoms with Gasteiger partial charge in [0.05, 0.1) is 44.9 Å². The van der Waals surface area contributed by atoms with Crippen molar-refractivity contribution < 1.29 is 9.66 Å². The second-order valence-electron chi connectivity index (χ2n) is 16.5. The predicted molar refractivity (Wildman–Crippen MR) is 277 cm³/mol. The summed E-state index contributed by atoms with van der Waals surface area (Å²) in [6, 6.07) is 74.3. The Hall–Kier alpha value is -9.02. The molecule has 11 rings (SSSR count). The molecule has 10 heteroatoms. The van der Waals surface area contributed by atoms with E-state index in [0.29, 0.717) is 24.5 Å². The van der Waals surface area contributed by atoms with Crippen molar-refractivity contribution >= 4 is 83.4 Å². The normalized spacial score (nSPS) is 11.5. The zero-order valence-electron chi connectivity index (χ0n) is 37.3. The second kappa shape index (κ2) is 18.1. The summed E-state index contributed by atoms with van der Waals surface area (Å²) >= 11 is 0. The van der Waals surface area contributed by atoms with Gasteiger partial charge in [0.25, 0.3) is 5.69 Å². The van der Waals surface area contributed by atoms with Gasteiger partial charge in [0.15, 0.2) is 0 Å². The predicted octanol–water partition coefficient (Wildman–Crippen LogP) is 15.6. The third kappa shape index (κ3) is 7.94. The Morgan fingerprint density at radius 3 is 1.24 bits per heavy atom. The zero-order chi connectivity index (χ0) is 46.0. The first-order chi connectivity index (χ1) is 33.5. The van der Waals surface area contributed by atoms with Gasteiger partial charge in [-0.15, -0.1) is 0 Å². The van der Waals surface area contributed by atoms with Gasteiger partial charge in [-0.1, -0.05) is 72.8 Å². The van der Waals surface area contributed by atoms with E-state index >= 15 is 0 Å². The minimum atomic E-state index is -0.433. The monoisotopic (exact) mass is 887 g/mol. The van der Waals surface area contributed by atoms with Crippen molar-refractivity contribution in [3.8, 4) is 17.1 Å². The average molecular weight is 888 g/mol. The number of anilines is 4. The number of hydrogen-bond donors (Lipinski definition) is 0. The molecule has 0 spiro atoms. The molecule has 0 saturated heterocycles. The minimum absolute atomic E-state index is 0.0175. The van der Waals surface area contributed by atoms with E-state index in [9.17, 15) is 10.1 Å². The first-order valence-corrected chi connectivity index (χ1v) is 22.7. The number of likely N-dealkylation sites (N-methyl/N-ethyl adjacent to an activating group) is 1. The van der Waals surface area contributed by atoms with E-state index in [1.165, 1.54) is 55.7 Å². The number of nitro groups is 1. The summed E-state index contributed by atoms with van der Waals surface area (Å²) < 4.78 is 11.0. The number of non-ortho nitro benzene ring substituents is 1. The summed E-state index contributed by atoms with van der Waals surface area (Å²) in [5.41, 5.74) is 12.3. The molecule has 0 fully saturated rings. The molecule has 0 radical (unpaired) electrons. The molecule has 0 bridgehead atoms. The summed E-state index contributed by atoms with van der Waals surface area (Å²) in [5.74, 6) is 0.787. The van der Waals surface area contributed by atoms with E-state index in [4.69, 9.17) is 4.74 Å². The van der Waals surface area contributed by atoms with Crippen molar-refractivity contribution in [2.75, 3.05) is 29.5 Å². The lowest BCUT2D eigenvalue weighted by molar-refractivity contribution is -0.384. The number of nitro benzene ring substituents is 1. The lowest BCUT2D eigenvalue weighted by Gasteiger charge is -2.26. The molecular formula is C58H45N7O3. The van der Waals surface area contributed by atoms with Crippen LogP contribution in [0.2, 0.25) is 0 Å². The second-order valence-corrected chi connectivity index (χ2v) is 16.5. The SMILES string of the molecule is CCN(CCOc1ccc(N(c2ccc(-n3c4ccccc4c4ccccc43)cc2)c2ccc(-n3c4ccccc4c4ccccc43)cc2)cc1)c1ccc(N=Nc2ccc([N+](=O)[O-])cc2)cc1.